The zero-order valence-corrected chi connectivity index (χ0v) is 17.4. The first-order valence-corrected chi connectivity index (χ1v) is 10.7. The molecule has 1 aromatic rings. The van der Waals surface area contributed by atoms with E-state index in [1.54, 1.807) is 6.07 Å². The Balaban J connectivity index is 0.00000280. The number of primary sulfonamides is 1. The number of hydrogen-bond donors (Lipinski definition) is 2. The van der Waals surface area contributed by atoms with Gasteiger partial charge in [-0.1, -0.05) is 13.0 Å². The van der Waals surface area contributed by atoms with E-state index in [-0.39, 0.29) is 48.1 Å². The van der Waals surface area contributed by atoms with E-state index in [9.17, 15) is 18.0 Å². The molecule has 0 aromatic heterocycles. The van der Waals surface area contributed by atoms with Crippen LogP contribution in [0.25, 0.3) is 0 Å². The van der Waals surface area contributed by atoms with Crippen molar-refractivity contribution in [3.8, 4) is 0 Å². The number of hydrogen-bond acceptors (Lipinski definition) is 5. The van der Waals surface area contributed by atoms with Gasteiger partial charge in [-0.3, -0.25) is 9.59 Å². The van der Waals surface area contributed by atoms with Crippen molar-refractivity contribution < 1.29 is 18.0 Å². The largest absolute Gasteiger partial charge is 0.338 e. The number of carbonyl (C=O) groups excluding carboxylic acids is 2. The van der Waals surface area contributed by atoms with Gasteiger partial charge in [0.25, 0.3) is 0 Å². The van der Waals surface area contributed by atoms with Crippen molar-refractivity contribution in [1.82, 2.24) is 4.90 Å². The molecular formula is C18H27ClN4O4S. The van der Waals surface area contributed by atoms with E-state index in [2.05, 4.69) is 6.92 Å². The average molecular weight is 431 g/mol. The highest BCUT2D eigenvalue weighted by atomic mass is 35.5. The fourth-order valence-corrected chi connectivity index (χ4v) is 4.50. The highest BCUT2D eigenvalue weighted by Gasteiger charge is 2.40. The minimum absolute atomic E-state index is 0. The number of benzene rings is 1. The van der Waals surface area contributed by atoms with Gasteiger partial charge in [0.2, 0.25) is 21.8 Å². The highest BCUT2D eigenvalue weighted by molar-refractivity contribution is 7.89. The molecule has 0 bridgehead atoms. The van der Waals surface area contributed by atoms with E-state index in [4.69, 9.17) is 10.9 Å². The molecule has 2 fully saturated rings. The molecule has 156 valence electrons. The van der Waals surface area contributed by atoms with Gasteiger partial charge >= 0.3 is 0 Å². The smallest absolute Gasteiger partial charge is 0.238 e. The van der Waals surface area contributed by atoms with Crippen LogP contribution in [0, 0.1) is 11.8 Å². The van der Waals surface area contributed by atoms with Crippen molar-refractivity contribution in [2.24, 2.45) is 22.7 Å². The topological polar surface area (TPSA) is 127 Å². The van der Waals surface area contributed by atoms with E-state index in [1.807, 2.05) is 4.90 Å². The number of likely N-dealkylation sites (tertiary alicyclic amines) is 1. The van der Waals surface area contributed by atoms with Crippen LogP contribution in [0.15, 0.2) is 29.2 Å². The van der Waals surface area contributed by atoms with Gasteiger partial charge < -0.3 is 15.5 Å². The van der Waals surface area contributed by atoms with E-state index < -0.39 is 15.9 Å². The van der Waals surface area contributed by atoms with Crippen LogP contribution < -0.4 is 15.8 Å². The molecule has 2 amide bonds. The molecule has 1 aromatic carbocycles. The number of anilines is 1. The van der Waals surface area contributed by atoms with Crippen LogP contribution in [-0.4, -0.2) is 50.8 Å². The first kappa shape index (κ1) is 22.6. The molecule has 3 atom stereocenters. The molecule has 28 heavy (non-hydrogen) atoms. The van der Waals surface area contributed by atoms with Gasteiger partial charge in [-0.15, -0.1) is 12.4 Å². The van der Waals surface area contributed by atoms with Gasteiger partial charge in [-0.25, -0.2) is 13.6 Å². The van der Waals surface area contributed by atoms with Crippen LogP contribution in [0.3, 0.4) is 0 Å². The second-order valence-electron chi connectivity index (χ2n) is 7.50. The Hall–Kier alpha value is -1.68. The molecule has 0 saturated carbocycles. The third kappa shape index (κ3) is 4.65. The third-order valence-electron chi connectivity index (χ3n) is 5.47. The number of halogens is 1. The maximum absolute atomic E-state index is 13.0. The molecular weight excluding hydrogens is 404 g/mol. The first-order chi connectivity index (χ1) is 12.7. The molecule has 10 heteroatoms. The number of carbonyl (C=O) groups is 2. The second kappa shape index (κ2) is 8.77. The standard InChI is InChI=1S/C18H26N4O4S.ClH/c1-12-5-6-21(15(7-12)10-19)18(24)13-8-17(23)22(11-13)14-3-2-4-16(9-14)27(20,25)26;/h2-4,9,12-13,15H,5-8,10-11,19H2,1H3,(H2,20,25,26);1H. The maximum atomic E-state index is 13.0. The summed E-state index contributed by atoms with van der Waals surface area (Å²) in [4.78, 5) is 28.7. The Morgan fingerprint density at radius 1 is 1.32 bits per heavy atom. The molecule has 0 radical (unpaired) electrons. The van der Waals surface area contributed by atoms with E-state index in [0.717, 1.165) is 12.8 Å². The second-order valence-corrected chi connectivity index (χ2v) is 9.06. The fraction of sp³-hybridized carbons (Fsp3) is 0.556. The van der Waals surface area contributed by atoms with Crippen molar-refractivity contribution in [1.29, 1.82) is 0 Å². The van der Waals surface area contributed by atoms with Crippen LogP contribution >= 0.6 is 12.4 Å². The predicted molar refractivity (Wildman–Crippen MR) is 108 cm³/mol. The Bertz CT molecular complexity index is 848. The van der Waals surface area contributed by atoms with Crippen molar-refractivity contribution in [2.45, 2.75) is 37.1 Å². The average Bonchev–Trinajstić information content (AvgIpc) is 3.02. The van der Waals surface area contributed by atoms with Gasteiger partial charge in [0.1, 0.15) is 0 Å². The lowest BCUT2D eigenvalue weighted by Crippen LogP contribution is -2.51. The quantitative estimate of drug-likeness (QED) is 0.726. The minimum Gasteiger partial charge on any atom is -0.338 e. The van der Waals surface area contributed by atoms with Crippen LogP contribution in [0.4, 0.5) is 5.69 Å². The zero-order valence-electron chi connectivity index (χ0n) is 15.8. The van der Waals surface area contributed by atoms with Crippen LogP contribution in [0.1, 0.15) is 26.2 Å². The minimum atomic E-state index is -3.86. The summed E-state index contributed by atoms with van der Waals surface area (Å²) in [5.41, 5.74) is 6.29. The fourth-order valence-electron chi connectivity index (χ4n) is 3.95. The number of piperidine rings is 1. The highest BCUT2D eigenvalue weighted by Crippen LogP contribution is 2.30. The summed E-state index contributed by atoms with van der Waals surface area (Å²) in [6.07, 6.45) is 1.92. The molecule has 8 nitrogen and oxygen atoms in total. The van der Waals surface area contributed by atoms with Crippen molar-refractivity contribution in [3.05, 3.63) is 24.3 Å². The van der Waals surface area contributed by atoms with Crippen LogP contribution in [0.2, 0.25) is 0 Å². The molecule has 0 spiro atoms. The lowest BCUT2D eigenvalue weighted by molar-refractivity contribution is -0.139. The van der Waals surface area contributed by atoms with Gasteiger partial charge in [-0.05, 0) is 37.0 Å². The lowest BCUT2D eigenvalue weighted by Gasteiger charge is -2.39. The molecule has 3 rings (SSSR count). The van der Waals surface area contributed by atoms with Crippen molar-refractivity contribution in [2.75, 3.05) is 24.5 Å². The van der Waals surface area contributed by atoms with Crippen molar-refractivity contribution >= 4 is 39.9 Å². The van der Waals surface area contributed by atoms with Crippen LogP contribution in [-0.2, 0) is 19.6 Å². The Kier molecular flexibility index (Phi) is 7.08. The number of rotatable bonds is 4. The summed E-state index contributed by atoms with van der Waals surface area (Å²) < 4.78 is 23.1. The Morgan fingerprint density at radius 3 is 2.68 bits per heavy atom. The normalized spacial score (nSPS) is 25.5. The number of sulfonamides is 1. The summed E-state index contributed by atoms with van der Waals surface area (Å²) in [6, 6.07) is 5.93. The summed E-state index contributed by atoms with van der Waals surface area (Å²) in [7, 11) is -3.86. The van der Waals surface area contributed by atoms with Crippen LogP contribution in [0.5, 0.6) is 0 Å². The first-order valence-electron chi connectivity index (χ1n) is 9.14. The van der Waals surface area contributed by atoms with E-state index >= 15 is 0 Å². The van der Waals surface area contributed by atoms with Gasteiger partial charge in [0, 0.05) is 37.8 Å². The number of amides is 2. The Labute approximate surface area is 171 Å². The van der Waals surface area contributed by atoms with Gasteiger partial charge in [0.15, 0.2) is 0 Å². The number of nitrogens with zero attached hydrogens (tertiary/aromatic N) is 2. The lowest BCUT2D eigenvalue weighted by atomic mass is 9.91. The molecule has 0 aliphatic carbocycles. The third-order valence-corrected chi connectivity index (χ3v) is 6.38. The van der Waals surface area contributed by atoms with Gasteiger partial charge in [-0.2, -0.15) is 0 Å². The molecule has 2 aliphatic rings. The molecule has 3 unspecified atom stereocenters. The molecule has 2 aliphatic heterocycles. The maximum Gasteiger partial charge on any atom is 0.238 e. The van der Waals surface area contributed by atoms with E-state index in [0.29, 0.717) is 24.7 Å². The monoisotopic (exact) mass is 430 g/mol. The van der Waals surface area contributed by atoms with Crippen molar-refractivity contribution in [3.63, 3.8) is 0 Å². The zero-order chi connectivity index (χ0) is 19.8. The van der Waals surface area contributed by atoms with E-state index in [1.165, 1.54) is 23.1 Å². The SMILES string of the molecule is CC1CCN(C(=O)C2CC(=O)N(c3cccc(S(N)(=O)=O)c3)C2)C(CN)C1.Cl. The summed E-state index contributed by atoms with van der Waals surface area (Å²) in [5.74, 6) is -0.159. The summed E-state index contributed by atoms with van der Waals surface area (Å²) in [6.45, 7) is 3.46. The summed E-state index contributed by atoms with van der Waals surface area (Å²) in [5, 5.41) is 5.17. The Morgan fingerprint density at radius 2 is 2.04 bits per heavy atom. The molecule has 2 saturated heterocycles. The van der Waals surface area contributed by atoms with Gasteiger partial charge in [0.05, 0.1) is 10.8 Å². The number of nitrogens with two attached hydrogens (primary N) is 2. The summed E-state index contributed by atoms with van der Waals surface area (Å²) >= 11 is 0. The molecule has 4 N–H and O–H groups in total. The molecule has 2 heterocycles. The predicted octanol–water partition coefficient (Wildman–Crippen LogP) is 0.695.